The number of benzene rings is 2. The Hall–Kier alpha value is -2.33. The Bertz CT molecular complexity index is 671. The van der Waals surface area contributed by atoms with E-state index in [9.17, 15) is 9.90 Å². The number of aliphatic hydroxyl groups is 1. The average Bonchev–Trinajstić information content (AvgIpc) is 3.39. The molecule has 0 saturated heterocycles. The molecule has 0 heterocycles. The van der Waals surface area contributed by atoms with Gasteiger partial charge in [-0.05, 0) is 41.5 Å². The molecule has 1 aliphatic rings. The van der Waals surface area contributed by atoms with E-state index in [1.165, 1.54) is 5.56 Å². The normalized spacial score (nSPS) is 20.6. The summed E-state index contributed by atoms with van der Waals surface area (Å²) in [5, 5.41) is 13.0. The smallest absolute Gasteiger partial charge is 0.253 e. The van der Waals surface area contributed by atoms with E-state index in [1.807, 2.05) is 18.2 Å². The minimum Gasteiger partial charge on any atom is -0.497 e. The van der Waals surface area contributed by atoms with Crippen molar-refractivity contribution in [3.05, 3.63) is 65.7 Å². The quantitative estimate of drug-likeness (QED) is 0.862. The summed E-state index contributed by atoms with van der Waals surface area (Å²) < 4.78 is 5.11. The van der Waals surface area contributed by atoms with E-state index in [4.69, 9.17) is 4.74 Å². The maximum atomic E-state index is 12.1. The van der Waals surface area contributed by atoms with E-state index in [1.54, 1.807) is 31.4 Å². The van der Waals surface area contributed by atoms with E-state index in [0.717, 1.165) is 6.42 Å². The molecule has 3 atom stereocenters. The van der Waals surface area contributed by atoms with Gasteiger partial charge in [0.15, 0.2) is 6.10 Å². The zero-order valence-electron chi connectivity index (χ0n) is 13.1. The molecular formula is C19H21NO3. The highest BCUT2D eigenvalue weighted by molar-refractivity contribution is 5.82. The number of ether oxygens (including phenoxy) is 1. The van der Waals surface area contributed by atoms with Gasteiger partial charge in [0.25, 0.3) is 5.91 Å². The van der Waals surface area contributed by atoms with Crippen molar-refractivity contribution >= 4 is 5.91 Å². The van der Waals surface area contributed by atoms with Crippen LogP contribution in [0, 0.1) is 5.92 Å². The molecule has 1 fully saturated rings. The molecule has 0 bridgehead atoms. The Morgan fingerprint density at radius 3 is 2.78 bits per heavy atom. The SMILES string of the molecule is COc1cccc(C(O)C(=O)NCC2CC2c2ccccc2)c1. The van der Waals surface area contributed by atoms with Crippen LogP contribution in [0.5, 0.6) is 5.75 Å². The van der Waals surface area contributed by atoms with Crippen LogP contribution in [0.1, 0.15) is 29.6 Å². The third-order valence-corrected chi connectivity index (χ3v) is 4.35. The summed E-state index contributed by atoms with van der Waals surface area (Å²) in [5.74, 6) is 1.24. The van der Waals surface area contributed by atoms with Crippen molar-refractivity contribution in [1.82, 2.24) is 5.32 Å². The second-order valence-corrected chi connectivity index (χ2v) is 5.94. The van der Waals surface area contributed by atoms with Gasteiger partial charge >= 0.3 is 0 Å². The third-order valence-electron chi connectivity index (χ3n) is 4.35. The second-order valence-electron chi connectivity index (χ2n) is 5.94. The van der Waals surface area contributed by atoms with Crippen LogP contribution in [-0.4, -0.2) is 24.7 Å². The highest BCUT2D eigenvalue weighted by Crippen LogP contribution is 2.46. The van der Waals surface area contributed by atoms with Crippen LogP contribution >= 0.6 is 0 Å². The summed E-state index contributed by atoms with van der Waals surface area (Å²) in [6.07, 6.45) is -0.0847. The molecule has 23 heavy (non-hydrogen) atoms. The first-order valence-corrected chi connectivity index (χ1v) is 7.83. The number of carbonyl (C=O) groups is 1. The van der Waals surface area contributed by atoms with Gasteiger partial charge in [-0.25, -0.2) is 0 Å². The van der Waals surface area contributed by atoms with Gasteiger partial charge in [0, 0.05) is 6.54 Å². The van der Waals surface area contributed by atoms with E-state index in [2.05, 4.69) is 17.4 Å². The van der Waals surface area contributed by atoms with Crippen LogP contribution in [0.25, 0.3) is 0 Å². The Morgan fingerprint density at radius 2 is 2.04 bits per heavy atom. The van der Waals surface area contributed by atoms with Gasteiger partial charge < -0.3 is 15.2 Å². The Labute approximate surface area is 136 Å². The van der Waals surface area contributed by atoms with E-state index >= 15 is 0 Å². The highest BCUT2D eigenvalue weighted by Gasteiger charge is 2.38. The van der Waals surface area contributed by atoms with Gasteiger partial charge in [0.05, 0.1) is 7.11 Å². The number of nitrogens with one attached hydrogen (secondary N) is 1. The summed E-state index contributed by atoms with van der Waals surface area (Å²) in [7, 11) is 1.56. The molecule has 4 nitrogen and oxygen atoms in total. The van der Waals surface area contributed by atoms with Crippen LogP contribution in [0.2, 0.25) is 0 Å². The first-order valence-electron chi connectivity index (χ1n) is 7.83. The van der Waals surface area contributed by atoms with Crippen LogP contribution < -0.4 is 10.1 Å². The molecule has 0 spiro atoms. The maximum Gasteiger partial charge on any atom is 0.253 e. The lowest BCUT2D eigenvalue weighted by atomic mass is 10.1. The fourth-order valence-corrected chi connectivity index (χ4v) is 2.87. The van der Waals surface area contributed by atoms with Gasteiger partial charge in [-0.15, -0.1) is 0 Å². The highest BCUT2D eigenvalue weighted by atomic mass is 16.5. The largest absolute Gasteiger partial charge is 0.497 e. The predicted octanol–water partition coefficient (Wildman–Crippen LogP) is 2.65. The molecular weight excluding hydrogens is 290 g/mol. The minimum absolute atomic E-state index is 0.364. The number of aliphatic hydroxyl groups excluding tert-OH is 1. The van der Waals surface area contributed by atoms with Crippen molar-refractivity contribution in [2.45, 2.75) is 18.4 Å². The van der Waals surface area contributed by atoms with Gasteiger partial charge in [0.2, 0.25) is 0 Å². The molecule has 0 aromatic heterocycles. The van der Waals surface area contributed by atoms with Crippen LogP contribution in [0.3, 0.4) is 0 Å². The van der Waals surface area contributed by atoms with E-state index < -0.39 is 6.10 Å². The molecule has 3 rings (SSSR count). The monoisotopic (exact) mass is 311 g/mol. The van der Waals surface area contributed by atoms with Crippen molar-refractivity contribution in [2.75, 3.05) is 13.7 Å². The molecule has 1 saturated carbocycles. The molecule has 2 N–H and O–H groups in total. The lowest BCUT2D eigenvalue weighted by Crippen LogP contribution is -2.31. The molecule has 2 aromatic rings. The molecule has 0 aliphatic heterocycles. The fourth-order valence-electron chi connectivity index (χ4n) is 2.87. The Kier molecular flexibility index (Phi) is 4.63. The standard InChI is InChI=1S/C19H21NO3/c1-23-16-9-5-8-14(10-16)18(21)19(22)20-12-15-11-17(15)13-6-3-2-4-7-13/h2-10,15,17-18,21H,11-12H2,1H3,(H,20,22). The van der Waals surface area contributed by atoms with Gasteiger partial charge in [0.1, 0.15) is 5.75 Å². The summed E-state index contributed by atoms with van der Waals surface area (Å²) >= 11 is 0. The molecule has 3 unspecified atom stereocenters. The van der Waals surface area contributed by atoms with Crippen molar-refractivity contribution < 1.29 is 14.6 Å². The number of methoxy groups -OCH3 is 1. The molecule has 2 aromatic carbocycles. The molecule has 0 radical (unpaired) electrons. The lowest BCUT2D eigenvalue weighted by Gasteiger charge is -2.12. The number of rotatable bonds is 6. The topological polar surface area (TPSA) is 58.6 Å². The van der Waals surface area contributed by atoms with Crippen molar-refractivity contribution in [1.29, 1.82) is 0 Å². The second kappa shape index (κ2) is 6.84. The van der Waals surface area contributed by atoms with Gasteiger partial charge in [-0.2, -0.15) is 0 Å². The van der Waals surface area contributed by atoms with Crippen LogP contribution in [-0.2, 0) is 4.79 Å². The summed E-state index contributed by atoms with van der Waals surface area (Å²) in [6, 6.07) is 17.3. The zero-order chi connectivity index (χ0) is 16.2. The molecule has 120 valence electrons. The van der Waals surface area contributed by atoms with E-state index in [-0.39, 0.29) is 5.91 Å². The molecule has 1 aliphatic carbocycles. The molecule has 1 amide bonds. The maximum absolute atomic E-state index is 12.1. The predicted molar refractivity (Wildman–Crippen MR) is 88.3 cm³/mol. The first kappa shape index (κ1) is 15.6. The Morgan fingerprint density at radius 1 is 1.26 bits per heavy atom. The third kappa shape index (κ3) is 3.71. The summed E-state index contributed by atoms with van der Waals surface area (Å²) in [6.45, 7) is 0.597. The summed E-state index contributed by atoms with van der Waals surface area (Å²) in [5.41, 5.74) is 1.86. The summed E-state index contributed by atoms with van der Waals surface area (Å²) in [4.78, 5) is 12.1. The van der Waals surface area contributed by atoms with Crippen molar-refractivity contribution in [3.63, 3.8) is 0 Å². The number of hydrogen-bond donors (Lipinski definition) is 2. The van der Waals surface area contributed by atoms with Crippen LogP contribution in [0.4, 0.5) is 0 Å². The lowest BCUT2D eigenvalue weighted by molar-refractivity contribution is -0.129. The average molecular weight is 311 g/mol. The first-order chi connectivity index (χ1) is 11.2. The molecule has 4 heteroatoms. The number of carbonyl (C=O) groups excluding carboxylic acids is 1. The Balaban J connectivity index is 1.52. The number of hydrogen-bond acceptors (Lipinski definition) is 3. The van der Waals surface area contributed by atoms with E-state index in [0.29, 0.717) is 29.7 Å². The van der Waals surface area contributed by atoms with Crippen LogP contribution in [0.15, 0.2) is 54.6 Å². The van der Waals surface area contributed by atoms with Gasteiger partial charge in [-0.3, -0.25) is 4.79 Å². The van der Waals surface area contributed by atoms with Crippen molar-refractivity contribution in [3.8, 4) is 5.75 Å². The minimum atomic E-state index is -1.17. The van der Waals surface area contributed by atoms with Crippen molar-refractivity contribution in [2.24, 2.45) is 5.92 Å². The fraction of sp³-hybridized carbons (Fsp3) is 0.316. The number of amides is 1. The zero-order valence-corrected chi connectivity index (χ0v) is 13.1. The van der Waals surface area contributed by atoms with Gasteiger partial charge in [-0.1, -0.05) is 42.5 Å².